The van der Waals surface area contributed by atoms with Crippen molar-refractivity contribution in [2.45, 2.75) is 20.8 Å². The van der Waals surface area contributed by atoms with Gasteiger partial charge in [-0.3, -0.25) is 4.79 Å². The molecule has 3 aromatic rings. The standard InChI is InChI=1S/C21H21N5O/c1-4-26(5-2)21(27)18-13-23-20-17(11-6-14(3)24-20)19(18)25-16-9-7-15(12-22)8-10-16/h6-11,13H,4-5H2,1-3H3,(H,23,24,25). The summed E-state index contributed by atoms with van der Waals surface area (Å²) in [7, 11) is 0. The molecule has 0 atom stereocenters. The minimum atomic E-state index is -0.0777. The summed E-state index contributed by atoms with van der Waals surface area (Å²) < 4.78 is 0. The number of nitrogens with zero attached hydrogens (tertiary/aromatic N) is 4. The van der Waals surface area contributed by atoms with Gasteiger partial charge in [0.05, 0.1) is 22.9 Å². The summed E-state index contributed by atoms with van der Waals surface area (Å²) in [5.41, 5.74) is 3.99. The molecule has 0 saturated heterocycles. The minimum Gasteiger partial charge on any atom is -0.354 e. The Morgan fingerprint density at radius 3 is 2.48 bits per heavy atom. The maximum atomic E-state index is 13.0. The number of carbonyl (C=O) groups is 1. The van der Waals surface area contributed by atoms with E-state index in [9.17, 15) is 4.79 Å². The predicted molar refractivity (Wildman–Crippen MR) is 106 cm³/mol. The number of aryl methyl sites for hydroxylation is 1. The third-order valence-electron chi connectivity index (χ3n) is 4.43. The lowest BCUT2D eigenvalue weighted by atomic mass is 10.1. The largest absolute Gasteiger partial charge is 0.354 e. The normalized spacial score (nSPS) is 10.4. The second-order valence-corrected chi connectivity index (χ2v) is 6.16. The van der Waals surface area contributed by atoms with Crippen molar-refractivity contribution in [1.82, 2.24) is 14.9 Å². The number of amides is 1. The first kappa shape index (κ1) is 18.3. The van der Waals surface area contributed by atoms with Gasteiger partial charge in [0.1, 0.15) is 0 Å². The average molecular weight is 359 g/mol. The fourth-order valence-corrected chi connectivity index (χ4v) is 2.92. The second-order valence-electron chi connectivity index (χ2n) is 6.16. The average Bonchev–Trinajstić information content (AvgIpc) is 2.69. The first-order valence-electron chi connectivity index (χ1n) is 8.90. The van der Waals surface area contributed by atoms with Crippen LogP contribution in [0.5, 0.6) is 0 Å². The van der Waals surface area contributed by atoms with Crippen molar-refractivity contribution in [3.8, 4) is 6.07 Å². The summed E-state index contributed by atoms with van der Waals surface area (Å²) in [5, 5.41) is 13.1. The maximum Gasteiger partial charge on any atom is 0.257 e. The molecule has 0 saturated carbocycles. The number of anilines is 2. The van der Waals surface area contributed by atoms with Crippen LogP contribution in [0.3, 0.4) is 0 Å². The van der Waals surface area contributed by atoms with Gasteiger partial charge >= 0.3 is 0 Å². The van der Waals surface area contributed by atoms with E-state index in [1.54, 1.807) is 23.2 Å². The predicted octanol–water partition coefficient (Wildman–Crippen LogP) is 4.04. The molecule has 0 aliphatic carbocycles. The number of aromatic nitrogens is 2. The molecular formula is C21H21N5O. The van der Waals surface area contributed by atoms with Crippen molar-refractivity contribution >= 4 is 28.3 Å². The van der Waals surface area contributed by atoms with Gasteiger partial charge in [-0.2, -0.15) is 5.26 Å². The molecule has 2 heterocycles. The van der Waals surface area contributed by atoms with Crippen molar-refractivity contribution in [3.05, 3.63) is 59.4 Å². The minimum absolute atomic E-state index is 0.0777. The molecule has 0 spiro atoms. The fraction of sp³-hybridized carbons (Fsp3) is 0.238. The SMILES string of the molecule is CCN(CC)C(=O)c1cnc2nc(C)ccc2c1Nc1ccc(C#N)cc1. The number of rotatable bonds is 5. The van der Waals surface area contributed by atoms with Gasteiger partial charge in [-0.15, -0.1) is 0 Å². The number of pyridine rings is 2. The van der Waals surface area contributed by atoms with Gasteiger partial charge in [-0.1, -0.05) is 0 Å². The van der Waals surface area contributed by atoms with Crippen molar-refractivity contribution < 1.29 is 4.79 Å². The number of hydrogen-bond donors (Lipinski definition) is 1. The van der Waals surface area contributed by atoms with Gasteiger partial charge in [0.25, 0.3) is 5.91 Å². The molecule has 0 aliphatic heterocycles. The summed E-state index contributed by atoms with van der Waals surface area (Å²) in [6.07, 6.45) is 1.58. The molecular weight excluding hydrogens is 338 g/mol. The van der Waals surface area contributed by atoms with Crippen LogP contribution in [-0.2, 0) is 0 Å². The van der Waals surface area contributed by atoms with Gasteiger partial charge in [0, 0.05) is 36.1 Å². The van der Waals surface area contributed by atoms with Crippen LogP contribution in [0, 0.1) is 18.3 Å². The Bertz CT molecular complexity index is 1020. The summed E-state index contributed by atoms with van der Waals surface area (Å²) >= 11 is 0. The Hall–Kier alpha value is -3.46. The summed E-state index contributed by atoms with van der Waals surface area (Å²) in [6, 6.07) is 13.0. The zero-order valence-electron chi connectivity index (χ0n) is 15.7. The molecule has 0 fully saturated rings. The smallest absolute Gasteiger partial charge is 0.257 e. The molecule has 0 aliphatic rings. The number of benzene rings is 1. The van der Waals surface area contributed by atoms with E-state index in [-0.39, 0.29) is 5.91 Å². The van der Waals surface area contributed by atoms with Crippen LogP contribution >= 0.6 is 0 Å². The topological polar surface area (TPSA) is 81.9 Å². The number of hydrogen-bond acceptors (Lipinski definition) is 5. The van der Waals surface area contributed by atoms with Crippen LogP contribution < -0.4 is 5.32 Å². The Morgan fingerprint density at radius 2 is 1.85 bits per heavy atom. The lowest BCUT2D eigenvalue weighted by molar-refractivity contribution is 0.0774. The van der Waals surface area contributed by atoms with E-state index in [1.165, 1.54) is 0 Å². The zero-order chi connectivity index (χ0) is 19.4. The molecule has 3 rings (SSSR count). The molecule has 1 aromatic carbocycles. The van der Waals surface area contributed by atoms with Crippen LogP contribution in [0.25, 0.3) is 11.0 Å². The van der Waals surface area contributed by atoms with Crippen LogP contribution in [0.15, 0.2) is 42.6 Å². The van der Waals surface area contributed by atoms with Gasteiger partial charge < -0.3 is 10.2 Å². The maximum absolute atomic E-state index is 13.0. The highest BCUT2D eigenvalue weighted by molar-refractivity contribution is 6.07. The molecule has 1 amide bonds. The Kier molecular flexibility index (Phi) is 5.32. The number of fused-ring (bicyclic) bond motifs is 1. The monoisotopic (exact) mass is 359 g/mol. The Morgan fingerprint density at radius 1 is 1.15 bits per heavy atom. The van der Waals surface area contributed by atoms with Crippen LogP contribution in [0.2, 0.25) is 0 Å². The van der Waals surface area contributed by atoms with E-state index in [1.807, 2.05) is 45.0 Å². The summed E-state index contributed by atoms with van der Waals surface area (Å²) in [5.74, 6) is -0.0777. The van der Waals surface area contributed by atoms with Gasteiger partial charge in [0.15, 0.2) is 5.65 Å². The second kappa shape index (κ2) is 7.83. The lowest BCUT2D eigenvalue weighted by Crippen LogP contribution is -2.31. The van der Waals surface area contributed by atoms with E-state index in [0.717, 1.165) is 16.8 Å². The van der Waals surface area contributed by atoms with Crippen molar-refractivity contribution in [2.24, 2.45) is 0 Å². The van der Waals surface area contributed by atoms with E-state index < -0.39 is 0 Å². The molecule has 1 N–H and O–H groups in total. The van der Waals surface area contributed by atoms with Crippen LogP contribution in [0.1, 0.15) is 35.5 Å². The molecule has 2 aromatic heterocycles. The van der Waals surface area contributed by atoms with Gasteiger partial charge in [0.2, 0.25) is 0 Å². The fourth-order valence-electron chi connectivity index (χ4n) is 2.92. The van der Waals surface area contributed by atoms with E-state index in [2.05, 4.69) is 21.4 Å². The molecule has 0 bridgehead atoms. The van der Waals surface area contributed by atoms with E-state index in [0.29, 0.717) is 35.6 Å². The highest BCUT2D eigenvalue weighted by Crippen LogP contribution is 2.29. The third kappa shape index (κ3) is 3.72. The first-order valence-corrected chi connectivity index (χ1v) is 8.90. The van der Waals surface area contributed by atoms with Gasteiger partial charge in [-0.25, -0.2) is 9.97 Å². The van der Waals surface area contributed by atoms with Crippen molar-refractivity contribution in [1.29, 1.82) is 5.26 Å². The lowest BCUT2D eigenvalue weighted by Gasteiger charge is -2.21. The molecule has 6 nitrogen and oxygen atoms in total. The highest BCUT2D eigenvalue weighted by Gasteiger charge is 2.20. The number of carbonyl (C=O) groups excluding carboxylic acids is 1. The molecule has 136 valence electrons. The molecule has 6 heteroatoms. The third-order valence-corrected chi connectivity index (χ3v) is 4.43. The Labute approximate surface area is 158 Å². The summed E-state index contributed by atoms with van der Waals surface area (Å²) in [4.78, 5) is 23.6. The van der Waals surface area contributed by atoms with Crippen LogP contribution in [-0.4, -0.2) is 33.9 Å². The zero-order valence-corrected chi connectivity index (χ0v) is 15.7. The quantitative estimate of drug-likeness (QED) is 0.743. The molecule has 27 heavy (non-hydrogen) atoms. The van der Waals surface area contributed by atoms with Crippen LogP contribution in [0.4, 0.5) is 11.4 Å². The Balaban J connectivity index is 2.14. The number of nitriles is 1. The van der Waals surface area contributed by atoms with Gasteiger partial charge in [-0.05, 0) is 57.2 Å². The van der Waals surface area contributed by atoms with Crippen molar-refractivity contribution in [2.75, 3.05) is 18.4 Å². The van der Waals surface area contributed by atoms with E-state index in [4.69, 9.17) is 5.26 Å². The van der Waals surface area contributed by atoms with Crippen molar-refractivity contribution in [3.63, 3.8) is 0 Å². The van der Waals surface area contributed by atoms with E-state index >= 15 is 0 Å². The molecule has 0 radical (unpaired) electrons. The number of nitrogens with one attached hydrogen (secondary N) is 1. The highest BCUT2D eigenvalue weighted by atomic mass is 16.2. The first-order chi connectivity index (χ1) is 13.1. The molecule has 0 unspecified atom stereocenters. The summed E-state index contributed by atoms with van der Waals surface area (Å²) in [6.45, 7) is 7.05.